The second kappa shape index (κ2) is 3.82. The van der Waals surface area contributed by atoms with Gasteiger partial charge in [-0.2, -0.15) is 0 Å². The van der Waals surface area contributed by atoms with E-state index in [9.17, 15) is 0 Å². The van der Waals surface area contributed by atoms with Gasteiger partial charge in [-0.15, -0.1) is 0 Å². The van der Waals surface area contributed by atoms with Crippen LogP contribution in [0.15, 0.2) is 30.3 Å². The smallest absolute Gasteiger partial charge is 0.157 e. The molecule has 1 aromatic carbocycles. The standard InChI is InChI=1S/C11H8Cl3N/c1-11(13,14)10-6-8(12)7-4-2-3-5-9(7)15-10/h2-6H,1H3. The molecule has 0 N–H and O–H groups in total. The van der Waals surface area contributed by atoms with E-state index in [1.165, 1.54) is 0 Å². The first-order chi connectivity index (χ1) is 6.98. The van der Waals surface area contributed by atoms with Crippen molar-refractivity contribution in [1.82, 2.24) is 4.98 Å². The molecule has 2 aromatic rings. The minimum atomic E-state index is -1.02. The molecule has 1 nitrogen and oxygen atoms in total. The number of aromatic nitrogens is 1. The Morgan fingerprint density at radius 3 is 2.53 bits per heavy atom. The van der Waals surface area contributed by atoms with Crippen LogP contribution in [0.1, 0.15) is 12.6 Å². The lowest BCUT2D eigenvalue weighted by Crippen LogP contribution is -2.06. The van der Waals surface area contributed by atoms with Gasteiger partial charge in [0.2, 0.25) is 0 Å². The van der Waals surface area contributed by atoms with E-state index in [1.807, 2.05) is 24.3 Å². The lowest BCUT2D eigenvalue weighted by Gasteiger charge is -2.13. The van der Waals surface area contributed by atoms with E-state index < -0.39 is 4.33 Å². The first-order valence-electron chi connectivity index (χ1n) is 4.42. The number of nitrogens with zero attached hydrogens (tertiary/aromatic N) is 1. The second-order valence-electron chi connectivity index (χ2n) is 3.39. The number of hydrogen-bond donors (Lipinski definition) is 0. The number of para-hydroxylation sites is 1. The minimum absolute atomic E-state index is 0.564. The van der Waals surface area contributed by atoms with Gasteiger partial charge in [-0.05, 0) is 19.1 Å². The predicted molar refractivity (Wildman–Crippen MR) is 65.8 cm³/mol. The summed E-state index contributed by atoms with van der Waals surface area (Å²) in [6.45, 7) is 1.67. The Morgan fingerprint density at radius 1 is 1.20 bits per heavy atom. The second-order valence-corrected chi connectivity index (χ2v) is 5.51. The summed E-state index contributed by atoms with van der Waals surface area (Å²) in [5.74, 6) is 0. The van der Waals surface area contributed by atoms with Crippen molar-refractivity contribution in [3.8, 4) is 0 Å². The van der Waals surface area contributed by atoms with E-state index in [2.05, 4.69) is 4.98 Å². The van der Waals surface area contributed by atoms with Gasteiger partial charge in [-0.25, -0.2) is 4.98 Å². The van der Waals surface area contributed by atoms with Gasteiger partial charge >= 0.3 is 0 Å². The third-order valence-corrected chi connectivity index (χ3v) is 2.82. The van der Waals surface area contributed by atoms with Gasteiger partial charge in [0.05, 0.1) is 16.2 Å². The molecular formula is C11H8Cl3N. The fraction of sp³-hybridized carbons (Fsp3) is 0.182. The molecule has 0 amide bonds. The van der Waals surface area contributed by atoms with Crippen LogP contribution in [0.25, 0.3) is 10.9 Å². The summed E-state index contributed by atoms with van der Waals surface area (Å²) in [5.41, 5.74) is 1.36. The van der Waals surface area contributed by atoms with Crippen molar-refractivity contribution in [3.05, 3.63) is 41.0 Å². The largest absolute Gasteiger partial charge is 0.250 e. The zero-order valence-corrected chi connectivity index (χ0v) is 10.2. The summed E-state index contributed by atoms with van der Waals surface area (Å²) in [6.07, 6.45) is 0. The van der Waals surface area contributed by atoms with Gasteiger partial charge in [0, 0.05) is 5.39 Å². The Kier molecular flexibility index (Phi) is 2.80. The fourth-order valence-corrected chi connectivity index (χ4v) is 1.81. The molecule has 15 heavy (non-hydrogen) atoms. The minimum Gasteiger partial charge on any atom is -0.250 e. The van der Waals surface area contributed by atoms with E-state index in [0.29, 0.717) is 10.7 Å². The molecule has 0 spiro atoms. The number of rotatable bonds is 1. The molecule has 0 fully saturated rings. The Morgan fingerprint density at radius 2 is 1.87 bits per heavy atom. The van der Waals surface area contributed by atoms with Crippen molar-refractivity contribution in [2.75, 3.05) is 0 Å². The van der Waals surface area contributed by atoms with Crippen LogP contribution in [0.4, 0.5) is 0 Å². The number of pyridine rings is 1. The van der Waals surface area contributed by atoms with Crippen LogP contribution in [0.5, 0.6) is 0 Å². The summed E-state index contributed by atoms with van der Waals surface area (Å²) < 4.78 is -1.02. The van der Waals surface area contributed by atoms with Crippen molar-refractivity contribution >= 4 is 45.7 Å². The number of hydrogen-bond acceptors (Lipinski definition) is 1. The maximum Gasteiger partial charge on any atom is 0.157 e. The van der Waals surface area contributed by atoms with Crippen molar-refractivity contribution in [2.45, 2.75) is 11.3 Å². The van der Waals surface area contributed by atoms with Crippen LogP contribution >= 0.6 is 34.8 Å². The predicted octanol–water partition coefficient (Wildman–Crippen LogP) is 4.54. The van der Waals surface area contributed by atoms with E-state index in [0.717, 1.165) is 10.9 Å². The molecule has 4 heteroatoms. The number of benzene rings is 1. The molecule has 0 aliphatic carbocycles. The monoisotopic (exact) mass is 259 g/mol. The third kappa shape index (κ3) is 2.20. The molecule has 0 bridgehead atoms. The average molecular weight is 261 g/mol. The van der Waals surface area contributed by atoms with Gasteiger partial charge in [0.15, 0.2) is 4.33 Å². The molecule has 1 heterocycles. The molecule has 78 valence electrons. The van der Waals surface area contributed by atoms with E-state index in [1.54, 1.807) is 13.0 Å². The zero-order valence-electron chi connectivity index (χ0n) is 7.97. The Hall–Kier alpha value is -0.500. The van der Waals surface area contributed by atoms with E-state index in [4.69, 9.17) is 34.8 Å². The van der Waals surface area contributed by atoms with Crippen LogP contribution in [0, 0.1) is 0 Å². The first-order valence-corrected chi connectivity index (χ1v) is 5.55. The Labute approximate surface area is 103 Å². The molecule has 2 rings (SSSR count). The summed E-state index contributed by atoms with van der Waals surface area (Å²) in [5, 5.41) is 1.52. The maximum absolute atomic E-state index is 6.11. The molecule has 0 aliphatic rings. The molecule has 0 saturated heterocycles. The van der Waals surface area contributed by atoms with Gasteiger partial charge in [-0.1, -0.05) is 53.0 Å². The Bertz CT molecular complexity index is 503. The highest BCUT2D eigenvalue weighted by Gasteiger charge is 2.22. The molecule has 0 saturated carbocycles. The average Bonchev–Trinajstić information content (AvgIpc) is 2.16. The van der Waals surface area contributed by atoms with Crippen LogP contribution in [-0.2, 0) is 4.33 Å². The lowest BCUT2D eigenvalue weighted by molar-refractivity contribution is 0.923. The lowest BCUT2D eigenvalue weighted by atomic mass is 10.2. The van der Waals surface area contributed by atoms with Gasteiger partial charge in [-0.3, -0.25) is 0 Å². The summed E-state index contributed by atoms with van der Waals surface area (Å²) in [6, 6.07) is 9.30. The van der Waals surface area contributed by atoms with E-state index in [-0.39, 0.29) is 0 Å². The van der Waals surface area contributed by atoms with Crippen LogP contribution in [0.2, 0.25) is 5.02 Å². The molecule has 1 aromatic heterocycles. The molecule has 0 atom stereocenters. The number of halogens is 3. The van der Waals surface area contributed by atoms with Crippen LogP contribution in [0.3, 0.4) is 0 Å². The van der Waals surface area contributed by atoms with Crippen molar-refractivity contribution < 1.29 is 0 Å². The van der Waals surface area contributed by atoms with Gasteiger partial charge in [0.1, 0.15) is 0 Å². The fourth-order valence-electron chi connectivity index (χ4n) is 1.36. The normalized spacial score (nSPS) is 12.0. The SMILES string of the molecule is CC(Cl)(Cl)c1cc(Cl)c2ccccc2n1. The summed E-state index contributed by atoms with van der Waals surface area (Å²) in [7, 11) is 0. The van der Waals surface area contributed by atoms with Gasteiger partial charge in [0.25, 0.3) is 0 Å². The topological polar surface area (TPSA) is 12.9 Å². The number of fused-ring (bicyclic) bond motifs is 1. The molecular weight excluding hydrogens is 252 g/mol. The van der Waals surface area contributed by atoms with Gasteiger partial charge < -0.3 is 0 Å². The molecule has 0 radical (unpaired) electrons. The highest BCUT2D eigenvalue weighted by molar-refractivity contribution is 6.47. The summed E-state index contributed by atoms with van der Waals surface area (Å²) >= 11 is 18.1. The highest BCUT2D eigenvalue weighted by Crippen LogP contribution is 2.35. The van der Waals surface area contributed by atoms with Crippen molar-refractivity contribution in [3.63, 3.8) is 0 Å². The van der Waals surface area contributed by atoms with Crippen LogP contribution < -0.4 is 0 Å². The van der Waals surface area contributed by atoms with Crippen molar-refractivity contribution in [2.24, 2.45) is 0 Å². The number of alkyl halides is 2. The molecule has 0 unspecified atom stereocenters. The maximum atomic E-state index is 6.11. The van der Waals surface area contributed by atoms with Crippen LogP contribution in [-0.4, -0.2) is 4.98 Å². The quantitative estimate of drug-likeness (QED) is 0.686. The molecule has 0 aliphatic heterocycles. The zero-order chi connectivity index (χ0) is 11.1. The van der Waals surface area contributed by atoms with E-state index >= 15 is 0 Å². The van der Waals surface area contributed by atoms with Crippen molar-refractivity contribution in [1.29, 1.82) is 0 Å². The highest BCUT2D eigenvalue weighted by atomic mass is 35.5. The Balaban J connectivity index is 2.73. The first kappa shape index (κ1) is 11.0. The third-order valence-electron chi connectivity index (χ3n) is 2.12. The summed E-state index contributed by atoms with van der Waals surface area (Å²) in [4.78, 5) is 4.36.